The molecule has 0 bridgehead atoms. The number of rotatable bonds is 5. The van der Waals surface area contributed by atoms with E-state index in [1.54, 1.807) is 14.2 Å². The zero-order valence-electron chi connectivity index (χ0n) is 15.6. The van der Waals surface area contributed by atoms with Gasteiger partial charge in [-0.15, -0.1) is 6.58 Å². The second-order valence-electron chi connectivity index (χ2n) is 6.61. The Labute approximate surface area is 160 Å². The van der Waals surface area contributed by atoms with Gasteiger partial charge in [0.25, 0.3) is 0 Å². The molecule has 0 N–H and O–H groups in total. The minimum atomic E-state index is -0.405. The van der Waals surface area contributed by atoms with Gasteiger partial charge in [-0.25, -0.2) is 0 Å². The Morgan fingerprint density at radius 2 is 1.37 bits per heavy atom. The molecular weight excluding hydrogens is 332 g/mol. The second kappa shape index (κ2) is 6.81. The normalized spacial score (nSPS) is 17.8. The molecule has 3 aromatic rings. The molecule has 0 fully saturated rings. The van der Waals surface area contributed by atoms with Gasteiger partial charge in [0.2, 0.25) is 0 Å². The molecule has 1 aliphatic rings. The summed E-state index contributed by atoms with van der Waals surface area (Å²) in [4.78, 5) is 0. The number of benzene rings is 3. The molecular formula is C25H22O2. The van der Waals surface area contributed by atoms with Gasteiger partial charge < -0.3 is 9.47 Å². The van der Waals surface area contributed by atoms with Crippen molar-refractivity contribution in [2.45, 2.75) is 5.41 Å². The van der Waals surface area contributed by atoms with Gasteiger partial charge >= 0.3 is 0 Å². The highest BCUT2D eigenvalue weighted by atomic mass is 16.5. The van der Waals surface area contributed by atoms with E-state index in [2.05, 4.69) is 67.3 Å². The molecule has 134 valence electrons. The lowest BCUT2D eigenvalue weighted by atomic mass is 9.70. The molecule has 2 nitrogen and oxygen atoms in total. The molecule has 0 saturated carbocycles. The van der Waals surface area contributed by atoms with E-state index < -0.39 is 5.41 Å². The van der Waals surface area contributed by atoms with Gasteiger partial charge in [0.1, 0.15) is 11.5 Å². The van der Waals surface area contributed by atoms with Gasteiger partial charge in [-0.2, -0.15) is 0 Å². The molecule has 3 aromatic carbocycles. The molecule has 0 saturated heterocycles. The summed E-state index contributed by atoms with van der Waals surface area (Å²) >= 11 is 0. The molecule has 1 atom stereocenters. The van der Waals surface area contributed by atoms with Crippen molar-refractivity contribution in [1.82, 2.24) is 0 Å². The van der Waals surface area contributed by atoms with Crippen LogP contribution in [0, 0.1) is 0 Å². The van der Waals surface area contributed by atoms with Crippen LogP contribution in [-0.2, 0) is 5.41 Å². The SMILES string of the molecule is C=CC1(c2ccc(OC)cc2)C(c2ccc(OC)cc2)=Cc2ccccc21. The topological polar surface area (TPSA) is 18.5 Å². The highest BCUT2D eigenvalue weighted by molar-refractivity contribution is 5.98. The lowest BCUT2D eigenvalue weighted by molar-refractivity contribution is 0.414. The number of ether oxygens (including phenoxy) is 2. The first kappa shape index (κ1) is 17.2. The maximum Gasteiger partial charge on any atom is 0.118 e. The zero-order valence-corrected chi connectivity index (χ0v) is 15.6. The van der Waals surface area contributed by atoms with Crippen molar-refractivity contribution in [2.24, 2.45) is 0 Å². The standard InChI is InChI=1S/C25H22O2/c1-4-25(20-11-15-22(27-3)16-12-20)23-8-6-5-7-19(23)17-24(25)18-9-13-21(26-2)14-10-18/h4-17H,1H2,2-3H3. The average molecular weight is 354 g/mol. The fourth-order valence-corrected chi connectivity index (χ4v) is 3.98. The van der Waals surface area contributed by atoms with Crippen molar-refractivity contribution < 1.29 is 9.47 Å². The highest BCUT2D eigenvalue weighted by Crippen LogP contribution is 2.52. The van der Waals surface area contributed by atoms with Crippen LogP contribution in [0.15, 0.2) is 85.5 Å². The van der Waals surface area contributed by atoms with Crippen LogP contribution < -0.4 is 9.47 Å². The van der Waals surface area contributed by atoms with E-state index in [4.69, 9.17) is 9.47 Å². The second-order valence-corrected chi connectivity index (χ2v) is 6.61. The Balaban J connectivity index is 1.93. The van der Waals surface area contributed by atoms with Gasteiger partial charge in [0.05, 0.1) is 19.6 Å². The number of allylic oxidation sites excluding steroid dienone is 2. The summed E-state index contributed by atoms with van der Waals surface area (Å²) in [6.45, 7) is 4.25. The molecule has 0 aliphatic heterocycles. The Kier molecular flexibility index (Phi) is 4.33. The van der Waals surface area contributed by atoms with E-state index in [-0.39, 0.29) is 0 Å². The quantitative estimate of drug-likeness (QED) is 0.545. The molecule has 4 rings (SSSR count). The molecule has 0 aromatic heterocycles. The molecule has 0 amide bonds. The Hall–Kier alpha value is -3.26. The van der Waals surface area contributed by atoms with Crippen LogP contribution >= 0.6 is 0 Å². The first-order valence-electron chi connectivity index (χ1n) is 8.97. The monoisotopic (exact) mass is 354 g/mol. The number of hydrogen-bond acceptors (Lipinski definition) is 2. The van der Waals surface area contributed by atoms with E-state index in [0.717, 1.165) is 17.1 Å². The minimum absolute atomic E-state index is 0.405. The van der Waals surface area contributed by atoms with Crippen LogP contribution in [0.1, 0.15) is 22.3 Å². The molecule has 1 unspecified atom stereocenters. The van der Waals surface area contributed by atoms with E-state index in [1.807, 2.05) is 24.3 Å². The fraction of sp³-hybridized carbons (Fsp3) is 0.120. The van der Waals surface area contributed by atoms with Gasteiger partial charge in [0, 0.05) is 0 Å². The summed E-state index contributed by atoms with van der Waals surface area (Å²) in [7, 11) is 3.37. The van der Waals surface area contributed by atoms with Gasteiger partial charge in [-0.05, 0) is 58.2 Å². The third-order valence-electron chi connectivity index (χ3n) is 5.36. The predicted octanol–water partition coefficient (Wildman–Crippen LogP) is 5.73. The van der Waals surface area contributed by atoms with Gasteiger partial charge in [-0.1, -0.05) is 54.6 Å². The number of hydrogen-bond donors (Lipinski definition) is 0. The first-order chi connectivity index (χ1) is 13.2. The largest absolute Gasteiger partial charge is 0.497 e. The Bertz CT molecular complexity index is 997. The zero-order chi connectivity index (χ0) is 18.9. The molecule has 2 heteroatoms. The maximum atomic E-state index is 5.35. The summed E-state index contributed by atoms with van der Waals surface area (Å²) in [6, 6.07) is 25.0. The summed E-state index contributed by atoms with van der Waals surface area (Å²) in [5, 5.41) is 0. The average Bonchev–Trinajstić information content (AvgIpc) is 3.09. The van der Waals surface area contributed by atoms with Crippen molar-refractivity contribution in [2.75, 3.05) is 14.2 Å². The van der Waals surface area contributed by atoms with Crippen molar-refractivity contribution in [3.05, 3.63) is 108 Å². The van der Waals surface area contributed by atoms with Crippen LogP contribution in [0.3, 0.4) is 0 Å². The van der Waals surface area contributed by atoms with Crippen LogP contribution in [0.4, 0.5) is 0 Å². The highest BCUT2D eigenvalue weighted by Gasteiger charge is 2.41. The van der Waals surface area contributed by atoms with Gasteiger partial charge in [-0.3, -0.25) is 0 Å². The number of fused-ring (bicyclic) bond motifs is 1. The summed E-state index contributed by atoms with van der Waals surface area (Å²) in [5.41, 5.74) is 5.60. The van der Waals surface area contributed by atoms with Crippen LogP contribution in [0.25, 0.3) is 11.6 Å². The third-order valence-corrected chi connectivity index (χ3v) is 5.36. The maximum absolute atomic E-state index is 5.35. The first-order valence-corrected chi connectivity index (χ1v) is 8.97. The molecule has 0 spiro atoms. The van der Waals surface area contributed by atoms with Crippen LogP contribution in [0.2, 0.25) is 0 Å². The molecule has 0 heterocycles. The Morgan fingerprint density at radius 1 is 0.778 bits per heavy atom. The van der Waals surface area contributed by atoms with Crippen molar-refractivity contribution in [1.29, 1.82) is 0 Å². The lowest BCUT2D eigenvalue weighted by Gasteiger charge is -2.32. The predicted molar refractivity (Wildman–Crippen MR) is 111 cm³/mol. The van der Waals surface area contributed by atoms with Crippen LogP contribution in [0.5, 0.6) is 11.5 Å². The molecule has 0 radical (unpaired) electrons. The van der Waals surface area contributed by atoms with Crippen molar-refractivity contribution in [3.63, 3.8) is 0 Å². The molecule has 1 aliphatic carbocycles. The van der Waals surface area contributed by atoms with Gasteiger partial charge in [0.15, 0.2) is 0 Å². The lowest BCUT2D eigenvalue weighted by Crippen LogP contribution is -2.24. The van der Waals surface area contributed by atoms with E-state index in [1.165, 1.54) is 22.3 Å². The van der Waals surface area contributed by atoms with Crippen molar-refractivity contribution >= 4 is 11.6 Å². The van der Waals surface area contributed by atoms with Crippen molar-refractivity contribution in [3.8, 4) is 11.5 Å². The van der Waals surface area contributed by atoms with E-state index in [9.17, 15) is 0 Å². The smallest absolute Gasteiger partial charge is 0.118 e. The Morgan fingerprint density at radius 3 is 1.96 bits per heavy atom. The summed E-state index contributed by atoms with van der Waals surface area (Å²) in [5.74, 6) is 1.70. The van der Waals surface area contributed by atoms with Crippen LogP contribution in [-0.4, -0.2) is 14.2 Å². The number of methoxy groups -OCH3 is 2. The fourth-order valence-electron chi connectivity index (χ4n) is 3.98. The van der Waals surface area contributed by atoms with E-state index in [0.29, 0.717) is 0 Å². The summed E-state index contributed by atoms with van der Waals surface area (Å²) < 4.78 is 10.7. The minimum Gasteiger partial charge on any atom is -0.497 e. The van der Waals surface area contributed by atoms with E-state index >= 15 is 0 Å². The summed E-state index contributed by atoms with van der Waals surface area (Å²) in [6.07, 6.45) is 4.32. The molecule has 27 heavy (non-hydrogen) atoms. The third kappa shape index (κ3) is 2.65.